The highest BCUT2D eigenvalue weighted by Crippen LogP contribution is 2.29. The van der Waals surface area contributed by atoms with Crippen LogP contribution in [0.25, 0.3) is 11.1 Å². The SMILES string of the molecule is COc1ccc(NC(=O)C(C)n2c(=O)oc3ccccc32)cc1NC(=O)c1ccc(Cl)cc1F. The summed E-state index contributed by atoms with van der Waals surface area (Å²) in [4.78, 5) is 37.8. The van der Waals surface area contributed by atoms with Gasteiger partial charge in [-0.25, -0.2) is 9.18 Å². The van der Waals surface area contributed by atoms with Crippen LogP contribution in [0.4, 0.5) is 15.8 Å². The van der Waals surface area contributed by atoms with Gasteiger partial charge in [-0.15, -0.1) is 0 Å². The summed E-state index contributed by atoms with van der Waals surface area (Å²) < 4.78 is 25.8. The summed E-state index contributed by atoms with van der Waals surface area (Å²) in [5.41, 5.74) is 1.18. The number of nitrogens with one attached hydrogen (secondary N) is 2. The summed E-state index contributed by atoms with van der Waals surface area (Å²) in [6.45, 7) is 1.56. The highest BCUT2D eigenvalue weighted by atomic mass is 35.5. The van der Waals surface area contributed by atoms with Crippen molar-refractivity contribution in [2.45, 2.75) is 13.0 Å². The Bertz CT molecular complexity index is 1460. The van der Waals surface area contributed by atoms with Crippen LogP contribution in [0.5, 0.6) is 5.75 Å². The predicted octanol–water partition coefficient (Wildman–Crippen LogP) is 4.85. The molecule has 2 amide bonds. The molecule has 8 nitrogen and oxygen atoms in total. The molecule has 3 aromatic carbocycles. The van der Waals surface area contributed by atoms with Crippen molar-refractivity contribution in [3.8, 4) is 5.75 Å². The van der Waals surface area contributed by atoms with Crippen molar-refractivity contribution in [1.29, 1.82) is 0 Å². The molecule has 0 aliphatic rings. The number of oxazole rings is 1. The minimum atomic E-state index is -0.889. The molecule has 0 fully saturated rings. The van der Waals surface area contributed by atoms with Gasteiger partial charge in [0.05, 0.1) is 23.9 Å². The maximum Gasteiger partial charge on any atom is 0.420 e. The number of methoxy groups -OCH3 is 1. The second kappa shape index (κ2) is 9.40. The number of benzene rings is 3. The Morgan fingerprint density at radius 1 is 1.09 bits per heavy atom. The van der Waals surface area contributed by atoms with E-state index in [4.69, 9.17) is 20.8 Å². The van der Waals surface area contributed by atoms with Crippen LogP contribution in [0.1, 0.15) is 23.3 Å². The van der Waals surface area contributed by atoms with Gasteiger partial charge in [-0.1, -0.05) is 23.7 Å². The largest absolute Gasteiger partial charge is 0.495 e. The number of hydrogen-bond donors (Lipinski definition) is 2. The van der Waals surface area contributed by atoms with Crippen LogP contribution in [-0.2, 0) is 4.79 Å². The number of rotatable bonds is 6. The molecule has 1 heterocycles. The Balaban J connectivity index is 1.57. The number of aromatic nitrogens is 1. The van der Waals surface area contributed by atoms with Gasteiger partial charge in [0.15, 0.2) is 5.58 Å². The van der Waals surface area contributed by atoms with Crippen LogP contribution >= 0.6 is 11.6 Å². The fourth-order valence-corrected chi connectivity index (χ4v) is 3.62. The highest BCUT2D eigenvalue weighted by Gasteiger charge is 2.22. The molecule has 0 bridgehead atoms. The summed E-state index contributed by atoms with van der Waals surface area (Å²) in [7, 11) is 1.41. The van der Waals surface area contributed by atoms with E-state index in [2.05, 4.69) is 10.6 Å². The second-order valence-electron chi connectivity index (χ2n) is 7.36. The summed E-state index contributed by atoms with van der Waals surface area (Å²) in [6, 6.07) is 14.2. The third-order valence-electron chi connectivity index (χ3n) is 5.18. The molecule has 0 saturated carbocycles. The molecular weight excluding hydrogens is 465 g/mol. The molecule has 0 aliphatic heterocycles. The first-order valence-corrected chi connectivity index (χ1v) is 10.5. The number of ether oxygens (including phenoxy) is 1. The van der Waals surface area contributed by atoms with Crippen molar-refractivity contribution in [2.75, 3.05) is 17.7 Å². The van der Waals surface area contributed by atoms with Gasteiger partial charge >= 0.3 is 5.76 Å². The maximum absolute atomic E-state index is 14.1. The van der Waals surface area contributed by atoms with Crippen molar-refractivity contribution in [3.05, 3.63) is 87.6 Å². The van der Waals surface area contributed by atoms with Gasteiger partial charge in [0.25, 0.3) is 5.91 Å². The summed E-state index contributed by atoms with van der Waals surface area (Å²) in [5, 5.41) is 5.44. The van der Waals surface area contributed by atoms with Crippen molar-refractivity contribution >= 4 is 45.9 Å². The fourth-order valence-electron chi connectivity index (χ4n) is 3.46. The smallest absolute Gasteiger partial charge is 0.420 e. The lowest BCUT2D eigenvalue weighted by Crippen LogP contribution is -2.29. The molecule has 2 N–H and O–H groups in total. The zero-order chi connectivity index (χ0) is 24.4. The topological polar surface area (TPSA) is 103 Å². The van der Waals surface area contributed by atoms with Gasteiger partial charge in [0.2, 0.25) is 5.91 Å². The molecule has 1 aromatic heterocycles. The number of carbonyl (C=O) groups is 2. The molecule has 1 unspecified atom stereocenters. The second-order valence-corrected chi connectivity index (χ2v) is 7.80. The first-order chi connectivity index (χ1) is 16.3. The number of para-hydroxylation sites is 2. The van der Waals surface area contributed by atoms with Crippen LogP contribution < -0.4 is 21.1 Å². The van der Waals surface area contributed by atoms with Crippen molar-refractivity contribution in [2.24, 2.45) is 0 Å². The predicted molar refractivity (Wildman–Crippen MR) is 126 cm³/mol. The monoisotopic (exact) mass is 483 g/mol. The van der Waals surface area contributed by atoms with E-state index in [-0.39, 0.29) is 16.3 Å². The molecule has 4 aromatic rings. The van der Waals surface area contributed by atoms with E-state index in [1.165, 1.54) is 35.9 Å². The van der Waals surface area contributed by atoms with Gasteiger partial charge in [-0.3, -0.25) is 14.2 Å². The lowest BCUT2D eigenvalue weighted by atomic mass is 10.2. The van der Waals surface area contributed by atoms with E-state index >= 15 is 0 Å². The molecule has 0 aliphatic carbocycles. The van der Waals surface area contributed by atoms with Crippen molar-refractivity contribution < 1.29 is 23.1 Å². The molecule has 1 atom stereocenters. The number of halogens is 2. The average Bonchev–Trinajstić information content (AvgIpc) is 3.14. The minimum Gasteiger partial charge on any atom is -0.495 e. The van der Waals surface area contributed by atoms with Gasteiger partial charge in [-0.05, 0) is 55.5 Å². The minimum absolute atomic E-state index is 0.162. The van der Waals surface area contributed by atoms with Crippen LogP contribution in [0.2, 0.25) is 5.02 Å². The van der Waals surface area contributed by atoms with Gasteiger partial charge in [0, 0.05) is 10.7 Å². The standard InChI is InChI=1S/C24H19ClFN3O5/c1-13(29-19-5-3-4-6-21(19)34-24(29)32)22(30)27-15-8-10-20(33-2)18(12-15)28-23(31)16-9-7-14(25)11-17(16)26/h3-13H,1-2H3,(H,27,30)(H,28,31). The molecule has 10 heteroatoms. The Hall–Kier alpha value is -4.11. The number of carbonyl (C=O) groups excluding carboxylic acids is 2. The Kier molecular flexibility index (Phi) is 6.38. The van der Waals surface area contributed by atoms with Gasteiger partial charge < -0.3 is 19.8 Å². The van der Waals surface area contributed by atoms with E-state index in [1.54, 1.807) is 37.3 Å². The zero-order valence-electron chi connectivity index (χ0n) is 18.1. The molecule has 174 valence electrons. The number of amides is 2. The van der Waals surface area contributed by atoms with Crippen molar-refractivity contribution in [1.82, 2.24) is 4.57 Å². The van der Waals surface area contributed by atoms with E-state index in [1.807, 2.05) is 0 Å². The summed E-state index contributed by atoms with van der Waals surface area (Å²) >= 11 is 5.74. The fraction of sp³-hybridized carbons (Fsp3) is 0.125. The molecule has 0 saturated heterocycles. The summed E-state index contributed by atoms with van der Waals surface area (Å²) in [5.74, 6) is -2.34. The van der Waals surface area contributed by atoms with Crippen molar-refractivity contribution in [3.63, 3.8) is 0 Å². The lowest BCUT2D eigenvalue weighted by molar-refractivity contribution is -0.118. The number of fused-ring (bicyclic) bond motifs is 1. The third-order valence-corrected chi connectivity index (χ3v) is 5.41. The van der Waals surface area contributed by atoms with Crippen LogP contribution in [0.15, 0.2) is 69.9 Å². The van der Waals surface area contributed by atoms with E-state index in [0.29, 0.717) is 22.5 Å². The molecule has 0 radical (unpaired) electrons. The quantitative estimate of drug-likeness (QED) is 0.408. The maximum atomic E-state index is 14.1. The van der Waals surface area contributed by atoms with Crippen LogP contribution in [0.3, 0.4) is 0 Å². The summed E-state index contributed by atoms with van der Waals surface area (Å²) in [6.07, 6.45) is 0. The number of nitrogens with zero attached hydrogens (tertiary/aromatic N) is 1. The molecular formula is C24H19ClFN3O5. The van der Waals surface area contributed by atoms with Gasteiger partial charge in [0.1, 0.15) is 17.6 Å². The van der Waals surface area contributed by atoms with E-state index in [0.717, 1.165) is 6.07 Å². The zero-order valence-corrected chi connectivity index (χ0v) is 18.9. The average molecular weight is 484 g/mol. The third kappa shape index (κ3) is 4.51. The first-order valence-electron chi connectivity index (χ1n) is 10.1. The van der Waals surface area contributed by atoms with E-state index in [9.17, 15) is 18.8 Å². The van der Waals surface area contributed by atoms with Gasteiger partial charge in [-0.2, -0.15) is 0 Å². The molecule has 4 rings (SSSR count). The number of hydrogen-bond acceptors (Lipinski definition) is 5. The molecule has 0 spiro atoms. The first kappa shape index (κ1) is 23.1. The normalized spacial score (nSPS) is 11.8. The molecule has 34 heavy (non-hydrogen) atoms. The van der Waals surface area contributed by atoms with Crippen LogP contribution in [-0.4, -0.2) is 23.5 Å². The van der Waals surface area contributed by atoms with E-state index < -0.39 is 29.4 Å². The highest BCUT2D eigenvalue weighted by molar-refractivity contribution is 6.30. The van der Waals surface area contributed by atoms with Crippen LogP contribution in [0, 0.1) is 5.82 Å². The Labute approximate surface area is 197 Å². The lowest BCUT2D eigenvalue weighted by Gasteiger charge is -2.16. The number of anilines is 2. The Morgan fingerprint density at radius 2 is 1.85 bits per heavy atom. The Morgan fingerprint density at radius 3 is 2.59 bits per heavy atom.